The van der Waals surface area contributed by atoms with E-state index in [0.717, 1.165) is 0 Å². The molecule has 3 heteroatoms. The molecule has 14 heavy (non-hydrogen) atoms. The fourth-order valence-corrected chi connectivity index (χ4v) is 0.803. The van der Waals surface area contributed by atoms with Crippen LogP contribution in [0.2, 0.25) is 0 Å². The highest BCUT2D eigenvalue weighted by atomic mass is 16.1. The van der Waals surface area contributed by atoms with Crippen LogP contribution < -0.4 is 5.32 Å². The Morgan fingerprint density at radius 1 is 1.36 bits per heavy atom. The molecule has 76 valence electrons. The number of rotatable bonds is 4. The Kier molecular flexibility index (Phi) is 5.22. The number of nitrogens with one attached hydrogen (secondary N) is 1. The fourth-order valence-electron chi connectivity index (χ4n) is 0.803. The third-order valence-electron chi connectivity index (χ3n) is 1.62. The summed E-state index contributed by atoms with van der Waals surface area (Å²) >= 11 is 0. The van der Waals surface area contributed by atoms with Crippen LogP contribution in [0.5, 0.6) is 0 Å². The van der Waals surface area contributed by atoms with Gasteiger partial charge in [0.25, 0.3) is 5.91 Å². The van der Waals surface area contributed by atoms with Crippen LogP contribution in [0.4, 0.5) is 0 Å². The third kappa shape index (κ3) is 3.85. The summed E-state index contributed by atoms with van der Waals surface area (Å²) < 4.78 is 0. The number of carbonyl (C=O) groups excluding carboxylic acids is 2. The van der Waals surface area contributed by atoms with Crippen molar-refractivity contribution in [3.05, 3.63) is 36.0 Å². The molecule has 0 fully saturated rings. The van der Waals surface area contributed by atoms with Gasteiger partial charge in [-0.1, -0.05) is 18.7 Å². The quantitative estimate of drug-likeness (QED) is 0.541. The Labute approximate surface area is 84.2 Å². The standard InChI is InChI=1S/C11H15NO2/c1-5-6-10(11(14)12-4)7-8(2)9(3)13/h5-7H,2H2,1,3-4H3,(H,12,14)/b6-5-,10-7+. The molecular weight excluding hydrogens is 178 g/mol. The van der Waals surface area contributed by atoms with Crippen LogP contribution in [-0.4, -0.2) is 18.7 Å². The molecule has 0 saturated carbocycles. The largest absolute Gasteiger partial charge is 0.355 e. The third-order valence-corrected chi connectivity index (χ3v) is 1.62. The number of allylic oxidation sites excluding steroid dienone is 3. The van der Waals surface area contributed by atoms with E-state index in [2.05, 4.69) is 11.9 Å². The molecule has 0 aliphatic heterocycles. The maximum absolute atomic E-state index is 11.3. The number of hydrogen-bond donors (Lipinski definition) is 1. The maximum Gasteiger partial charge on any atom is 0.251 e. The molecule has 0 spiro atoms. The normalized spacial score (nSPS) is 11.5. The van der Waals surface area contributed by atoms with Crippen LogP contribution in [0, 0.1) is 0 Å². The highest BCUT2D eigenvalue weighted by Gasteiger charge is 2.05. The van der Waals surface area contributed by atoms with E-state index in [0.29, 0.717) is 11.1 Å². The highest BCUT2D eigenvalue weighted by molar-refractivity contribution is 6.01. The van der Waals surface area contributed by atoms with Gasteiger partial charge in [-0.15, -0.1) is 0 Å². The first-order valence-corrected chi connectivity index (χ1v) is 4.29. The van der Waals surface area contributed by atoms with E-state index in [-0.39, 0.29) is 11.7 Å². The molecule has 0 bridgehead atoms. The average Bonchev–Trinajstić information content (AvgIpc) is 2.15. The summed E-state index contributed by atoms with van der Waals surface area (Å²) in [5.41, 5.74) is 0.747. The van der Waals surface area contributed by atoms with Gasteiger partial charge in [-0.3, -0.25) is 9.59 Å². The lowest BCUT2D eigenvalue weighted by Crippen LogP contribution is -2.19. The molecular formula is C11H15NO2. The average molecular weight is 193 g/mol. The van der Waals surface area contributed by atoms with Crippen LogP contribution in [0.25, 0.3) is 0 Å². The van der Waals surface area contributed by atoms with Crippen molar-refractivity contribution in [1.29, 1.82) is 0 Å². The number of carbonyl (C=O) groups is 2. The van der Waals surface area contributed by atoms with Crippen LogP contribution in [0.1, 0.15) is 13.8 Å². The molecule has 0 heterocycles. The zero-order valence-electron chi connectivity index (χ0n) is 8.76. The predicted octanol–water partition coefficient (Wildman–Crippen LogP) is 1.38. The van der Waals surface area contributed by atoms with Crippen molar-refractivity contribution in [2.45, 2.75) is 13.8 Å². The van der Waals surface area contributed by atoms with Crippen molar-refractivity contribution < 1.29 is 9.59 Å². The van der Waals surface area contributed by atoms with Crippen LogP contribution in [-0.2, 0) is 9.59 Å². The minimum Gasteiger partial charge on any atom is -0.355 e. The molecule has 0 radical (unpaired) electrons. The van der Waals surface area contributed by atoms with Crippen molar-refractivity contribution in [1.82, 2.24) is 5.32 Å². The summed E-state index contributed by atoms with van der Waals surface area (Å²) in [6.45, 7) is 6.76. The molecule has 0 rings (SSSR count). The topological polar surface area (TPSA) is 46.2 Å². The van der Waals surface area contributed by atoms with Gasteiger partial charge in [0.15, 0.2) is 5.78 Å². The van der Waals surface area contributed by atoms with E-state index < -0.39 is 0 Å². The minimum absolute atomic E-state index is 0.143. The first-order chi connectivity index (χ1) is 6.52. The zero-order chi connectivity index (χ0) is 11.1. The van der Waals surface area contributed by atoms with Crippen molar-refractivity contribution in [3.8, 4) is 0 Å². The van der Waals surface area contributed by atoms with Gasteiger partial charge in [0.1, 0.15) is 0 Å². The molecule has 0 unspecified atom stereocenters. The second kappa shape index (κ2) is 5.91. The summed E-state index contributed by atoms with van der Waals surface area (Å²) in [6, 6.07) is 0. The van der Waals surface area contributed by atoms with Crippen molar-refractivity contribution in [2.75, 3.05) is 7.05 Å². The van der Waals surface area contributed by atoms with Crippen LogP contribution >= 0.6 is 0 Å². The smallest absolute Gasteiger partial charge is 0.251 e. The number of ketones is 1. The molecule has 1 amide bonds. The molecule has 0 aromatic rings. The Balaban J connectivity index is 4.91. The van der Waals surface area contributed by atoms with E-state index in [1.54, 1.807) is 19.1 Å². The Bertz CT molecular complexity index is 311. The summed E-state index contributed by atoms with van der Waals surface area (Å²) in [4.78, 5) is 22.2. The van der Waals surface area contributed by atoms with Gasteiger partial charge in [-0.25, -0.2) is 0 Å². The lowest BCUT2D eigenvalue weighted by Gasteiger charge is -2.00. The second-order valence-corrected chi connectivity index (χ2v) is 2.76. The Morgan fingerprint density at radius 2 is 1.93 bits per heavy atom. The SMILES string of the molecule is C=C(/C=C(\C=C/C)C(=O)NC)C(C)=O. The molecule has 0 aromatic carbocycles. The molecule has 1 N–H and O–H groups in total. The Morgan fingerprint density at radius 3 is 2.29 bits per heavy atom. The number of likely N-dealkylation sites (N-methyl/N-ethyl adjacent to an activating group) is 1. The van der Waals surface area contributed by atoms with Gasteiger partial charge in [-0.05, 0) is 19.9 Å². The summed E-state index contributed by atoms with van der Waals surface area (Å²) in [5.74, 6) is -0.374. The van der Waals surface area contributed by atoms with E-state index >= 15 is 0 Å². The van der Waals surface area contributed by atoms with Gasteiger partial charge in [0.2, 0.25) is 0 Å². The van der Waals surface area contributed by atoms with E-state index in [1.165, 1.54) is 20.0 Å². The Hall–Kier alpha value is -1.64. The van der Waals surface area contributed by atoms with Gasteiger partial charge in [-0.2, -0.15) is 0 Å². The van der Waals surface area contributed by atoms with Crippen molar-refractivity contribution >= 4 is 11.7 Å². The van der Waals surface area contributed by atoms with Crippen LogP contribution in [0.15, 0.2) is 36.0 Å². The van der Waals surface area contributed by atoms with Gasteiger partial charge >= 0.3 is 0 Å². The summed E-state index contributed by atoms with van der Waals surface area (Å²) in [6.07, 6.45) is 4.84. The van der Waals surface area contributed by atoms with Gasteiger partial charge in [0, 0.05) is 18.2 Å². The minimum atomic E-state index is -0.231. The molecule has 0 aromatic heterocycles. The molecule has 0 aliphatic rings. The molecule has 0 saturated heterocycles. The second-order valence-electron chi connectivity index (χ2n) is 2.76. The predicted molar refractivity (Wildman–Crippen MR) is 56.8 cm³/mol. The molecule has 0 atom stereocenters. The number of amides is 1. The lowest BCUT2D eigenvalue weighted by molar-refractivity contribution is -0.116. The number of hydrogen-bond acceptors (Lipinski definition) is 2. The zero-order valence-corrected chi connectivity index (χ0v) is 8.76. The highest BCUT2D eigenvalue weighted by Crippen LogP contribution is 2.04. The lowest BCUT2D eigenvalue weighted by atomic mass is 10.1. The fraction of sp³-hybridized carbons (Fsp3) is 0.273. The van der Waals surface area contributed by atoms with E-state index in [9.17, 15) is 9.59 Å². The summed E-state index contributed by atoms with van der Waals surface area (Å²) in [5, 5.41) is 2.48. The van der Waals surface area contributed by atoms with Crippen molar-refractivity contribution in [3.63, 3.8) is 0 Å². The van der Waals surface area contributed by atoms with Gasteiger partial charge in [0.05, 0.1) is 0 Å². The van der Waals surface area contributed by atoms with E-state index in [1.807, 2.05) is 0 Å². The first-order valence-electron chi connectivity index (χ1n) is 4.29. The monoisotopic (exact) mass is 193 g/mol. The molecule has 0 aliphatic carbocycles. The van der Waals surface area contributed by atoms with Gasteiger partial charge < -0.3 is 5.32 Å². The number of Topliss-reactive ketones (excluding diaryl/α,β-unsaturated/α-hetero) is 1. The molecule has 3 nitrogen and oxygen atoms in total. The van der Waals surface area contributed by atoms with Crippen molar-refractivity contribution in [2.24, 2.45) is 0 Å². The first kappa shape index (κ1) is 12.4. The maximum atomic E-state index is 11.3. The summed E-state index contributed by atoms with van der Waals surface area (Å²) in [7, 11) is 1.54. The van der Waals surface area contributed by atoms with Crippen LogP contribution in [0.3, 0.4) is 0 Å². The van der Waals surface area contributed by atoms with E-state index in [4.69, 9.17) is 0 Å².